The number of hydrogen-bond acceptors (Lipinski definition) is 3. The van der Waals surface area contributed by atoms with Crippen molar-refractivity contribution in [3.8, 4) is 0 Å². The average Bonchev–Trinajstić information content (AvgIpc) is 2.24. The van der Waals surface area contributed by atoms with Crippen molar-refractivity contribution in [2.24, 2.45) is 0 Å². The lowest BCUT2D eigenvalue weighted by Gasteiger charge is -2.32. The zero-order valence-electron chi connectivity index (χ0n) is 9.45. The van der Waals surface area contributed by atoms with E-state index in [-0.39, 0.29) is 6.42 Å². The molecule has 1 aliphatic heterocycles. The van der Waals surface area contributed by atoms with Crippen LogP contribution in [0.3, 0.4) is 0 Å². The summed E-state index contributed by atoms with van der Waals surface area (Å²) in [6.07, 6.45) is 3.83. The normalized spacial score (nSPS) is 22.9. The summed E-state index contributed by atoms with van der Waals surface area (Å²) < 4.78 is 5.68. The number of likely N-dealkylation sites (tertiary alicyclic amines) is 1. The van der Waals surface area contributed by atoms with Crippen molar-refractivity contribution in [3.63, 3.8) is 0 Å². The quantitative estimate of drug-likeness (QED) is 0.726. The van der Waals surface area contributed by atoms with Crippen LogP contribution in [0.5, 0.6) is 0 Å². The van der Waals surface area contributed by atoms with Crippen LogP contribution >= 0.6 is 0 Å². The van der Waals surface area contributed by atoms with E-state index in [0.29, 0.717) is 12.6 Å². The van der Waals surface area contributed by atoms with E-state index in [2.05, 4.69) is 11.8 Å². The maximum atomic E-state index is 10.4. The summed E-state index contributed by atoms with van der Waals surface area (Å²) >= 11 is 0. The predicted molar refractivity (Wildman–Crippen MR) is 58.0 cm³/mol. The molecule has 1 N–H and O–H groups in total. The van der Waals surface area contributed by atoms with Crippen molar-refractivity contribution in [2.75, 3.05) is 26.2 Å². The zero-order valence-corrected chi connectivity index (χ0v) is 9.45. The maximum Gasteiger partial charge on any atom is 0.304 e. The van der Waals surface area contributed by atoms with E-state index >= 15 is 0 Å². The van der Waals surface area contributed by atoms with Crippen LogP contribution in [0.25, 0.3) is 0 Å². The van der Waals surface area contributed by atoms with Gasteiger partial charge in [0, 0.05) is 19.7 Å². The van der Waals surface area contributed by atoms with Gasteiger partial charge in [0.1, 0.15) is 0 Å². The largest absolute Gasteiger partial charge is 0.481 e. The average molecular weight is 215 g/mol. The molecule has 0 bridgehead atoms. The Labute approximate surface area is 91.2 Å². The lowest BCUT2D eigenvalue weighted by Crippen LogP contribution is -2.40. The van der Waals surface area contributed by atoms with Crippen LogP contribution in [-0.2, 0) is 9.53 Å². The molecule has 1 saturated heterocycles. The SMILES string of the molecule is CCCOC1CCCN(CCC(=O)O)C1. The Bertz CT molecular complexity index is 196. The molecule has 1 unspecified atom stereocenters. The summed E-state index contributed by atoms with van der Waals surface area (Å²) in [5.74, 6) is -0.716. The van der Waals surface area contributed by atoms with E-state index in [1.807, 2.05) is 0 Å². The summed E-state index contributed by atoms with van der Waals surface area (Å²) in [6.45, 7) is 5.48. The first-order valence-corrected chi connectivity index (χ1v) is 5.78. The molecule has 1 fully saturated rings. The topological polar surface area (TPSA) is 49.8 Å². The lowest BCUT2D eigenvalue weighted by atomic mass is 10.1. The first-order valence-electron chi connectivity index (χ1n) is 5.78. The Morgan fingerprint density at radius 3 is 3.07 bits per heavy atom. The van der Waals surface area contributed by atoms with Gasteiger partial charge in [-0.1, -0.05) is 6.92 Å². The molecule has 4 nitrogen and oxygen atoms in total. The fraction of sp³-hybridized carbons (Fsp3) is 0.909. The summed E-state index contributed by atoms with van der Waals surface area (Å²) in [7, 11) is 0. The van der Waals surface area contributed by atoms with Gasteiger partial charge in [-0.05, 0) is 25.8 Å². The molecule has 88 valence electrons. The highest BCUT2D eigenvalue weighted by atomic mass is 16.5. The standard InChI is InChI=1S/C11H21NO3/c1-2-8-15-10-4-3-6-12(9-10)7-5-11(13)14/h10H,2-9H2,1H3,(H,13,14). The molecule has 1 heterocycles. The number of carboxylic acid groups (broad SMARTS) is 1. The van der Waals surface area contributed by atoms with Gasteiger partial charge < -0.3 is 14.7 Å². The van der Waals surface area contributed by atoms with Crippen LogP contribution in [0.4, 0.5) is 0 Å². The molecule has 15 heavy (non-hydrogen) atoms. The van der Waals surface area contributed by atoms with Crippen molar-refractivity contribution in [2.45, 2.75) is 38.7 Å². The molecular weight excluding hydrogens is 194 g/mol. The number of carboxylic acids is 1. The number of piperidine rings is 1. The van der Waals surface area contributed by atoms with Crippen molar-refractivity contribution >= 4 is 5.97 Å². The Balaban J connectivity index is 2.19. The fourth-order valence-electron chi connectivity index (χ4n) is 1.89. The van der Waals surface area contributed by atoms with E-state index in [1.54, 1.807) is 0 Å². The van der Waals surface area contributed by atoms with Gasteiger partial charge in [-0.25, -0.2) is 0 Å². The van der Waals surface area contributed by atoms with Gasteiger partial charge >= 0.3 is 5.97 Å². The lowest BCUT2D eigenvalue weighted by molar-refractivity contribution is -0.137. The van der Waals surface area contributed by atoms with Crippen LogP contribution in [0.2, 0.25) is 0 Å². The van der Waals surface area contributed by atoms with Crippen LogP contribution in [0.15, 0.2) is 0 Å². The third-order valence-electron chi connectivity index (χ3n) is 2.66. The molecule has 0 aromatic carbocycles. The van der Waals surface area contributed by atoms with Crippen molar-refractivity contribution in [3.05, 3.63) is 0 Å². The first-order chi connectivity index (χ1) is 7.22. The Kier molecular flexibility index (Phi) is 5.65. The zero-order chi connectivity index (χ0) is 11.1. The molecule has 4 heteroatoms. The first kappa shape index (κ1) is 12.5. The minimum absolute atomic E-state index is 0.237. The van der Waals surface area contributed by atoms with E-state index in [0.717, 1.165) is 39.0 Å². The molecule has 0 radical (unpaired) electrons. The molecule has 0 aromatic heterocycles. The maximum absolute atomic E-state index is 10.4. The smallest absolute Gasteiger partial charge is 0.304 e. The van der Waals surface area contributed by atoms with E-state index < -0.39 is 5.97 Å². The minimum Gasteiger partial charge on any atom is -0.481 e. The molecule has 1 aliphatic rings. The molecule has 1 atom stereocenters. The molecule has 0 amide bonds. The van der Waals surface area contributed by atoms with Gasteiger partial charge in [-0.3, -0.25) is 4.79 Å². The highest BCUT2D eigenvalue weighted by Crippen LogP contribution is 2.13. The highest BCUT2D eigenvalue weighted by Gasteiger charge is 2.20. The molecular formula is C11H21NO3. The molecule has 1 rings (SSSR count). The summed E-state index contributed by atoms with van der Waals surface area (Å²) in [5, 5.41) is 8.59. The Morgan fingerprint density at radius 1 is 1.60 bits per heavy atom. The fourth-order valence-corrected chi connectivity index (χ4v) is 1.89. The summed E-state index contributed by atoms with van der Waals surface area (Å²) in [4.78, 5) is 12.6. The minimum atomic E-state index is -0.716. The van der Waals surface area contributed by atoms with Gasteiger partial charge in [0.15, 0.2) is 0 Å². The molecule has 0 saturated carbocycles. The highest BCUT2D eigenvalue weighted by molar-refractivity contribution is 5.66. The summed E-state index contributed by atoms with van der Waals surface area (Å²) in [6, 6.07) is 0. The second-order valence-electron chi connectivity index (χ2n) is 4.08. The second-order valence-corrected chi connectivity index (χ2v) is 4.08. The van der Waals surface area contributed by atoms with Crippen LogP contribution in [0, 0.1) is 0 Å². The van der Waals surface area contributed by atoms with Gasteiger partial charge in [0.2, 0.25) is 0 Å². The second kappa shape index (κ2) is 6.80. The van der Waals surface area contributed by atoms with Gasteiger partial charge in [0.25, 0.3) is 0 Å². The monoisotopic (exact) mass is 215 g/mol. The molecule has 0 aliphatic carbocycles. The third kappa shape index (κ3) is 5.14. The van der Waals surface area contributed by atoms with Crippen LogP contribution in [0.1, 0.15) is 32.6 Å². The number of ether oxygens (including phenoxy) is 1. The Morgan fingerprint density at radius 2 is 2.40 bits per heavy atom. The summed E-state index contributed by atoms with van der Waals surface area (Å²) in [5.41, 5.74) is 0. The number of nitrogens with zero attached hydrogens (tertiary/aromatic N) is 1. The van der Waals surface area contributed by atoms with Crippen LogP contribution in [-0.4, -0.2) is 48.3 Å². The van der Waals surface area contributed by atoms with Gasteiger partial charge in [-0.2, -0.15) is 0 Å². The number of rotatable bonds is 6. The number of carbonyl (C=O) groups is 1. The van der Waals surface area contributed by atoms with E-state index in [1.165, 1.54) is 0 Å². The van der Waals surface area contributed by atoms with Gasteiger partial charge in [-0.15, -0.1) is 0 Å². The Hall–Kier alpha value is -0.610. The van der Waals surface area contributed by atoms with Gasteiger partial charge in [0.05, 0.1) is 12.5 Å². The predicted octanol–water partition coefficient (Wildman–Crippen LogP) is 1.35. The van der Waals surface area contributed by atoms with Crippen molar-refractivity contribution < 1.29 is 14.6 Å². The van der Waals surface area contributed by atoms with Crippen molar-refractivity contribution in [1.82, 2.24) is 4.90 Å². The number of hydrogen-bond donors (Lipinski definition) is 1. The van der Waals surface area contributed by atoms with Crippen LogP contribution < -0.4 is 0 Å². The third-order valence-corrected chi connectivity index (χ3v) is 2.66. The molecule has 0 spiro atoms. The van der Waals surface area contributed by atoms with E-state index in [4.69, 9.17) is 9.84 Å². The van der Waals surface area contributed by atoms with Crippen molar-refractivity contribution in [1.29, 1.82) is 0 Å². The van der Waals surface area contributed by atoms with E-state index in [9.17, 15) is 4.79 Å². The molecule has 0 aromatic rings. The number of aliphatic carboxylic acids is 1.